The van der Waals surface area contributed by atoms with Crippen LogP contribution in [0.2, 0.25) is 0 Å². The van der Waals surface area contributed by atoms with E-state index in [9.17, 15) is 0 Å². The van der Waals surface area contributed by atoms with Gasteiger partial charge in [0.05, 0.1) is 5.39 Å². The maximum atomic E-state index is 15.2. The van der Waals surface area contributed by atoms with Crippen LogP contribution in [0.1, 0.15) is 22.3 Å². The summed E-state index contributed by atoms with van der Waals surface area (Å²) < 4.78 is 27.8. The highest BCUT2D eigenvalue weighted by Gasteiger charge is 2.19. The van der Waals surface area contributed by atoms with Crippen LogP contribution in [-0.4, -0.2) is 0 Å². The monoisotopic (exact) mass is 436 g/mol. The molecule has 0 aliphatic rings. The summed E-state index contributed by atoms with van der Waals surface area (Å²) in [6.07, 6.45) is 0. The Labute approximate surface area is 193 Å². The highest BCUT2D eigenvalue weighted by molar-refractivity contribution is 6.11. The Morgan fingerprint density at radius 3 is 1.61 bits per heavy atom. The van der Waals surface area contributed by atoms with Crippen molar-refractivity contribution in [2.24, 2.45) is 0 Å². The van der Waals surface area contributed by atoms with Crippen LogP contribution in [0.25, 0.3) is 21.5 Å². The average molecular weight is 437 g/mol. The van der Waals surface area contributed by atoms with Gasteiger partial charge in [-0.2, -0.15) is 0 Å². The number of rotatable bonds is 6. The number of fused-ring (bicyclic) bond motifs is 2. The molecule has 0 saturated heterocycles. The summed E-state index contributed by atoms with van der Waals surface area (Å²) in [5, 5.41) is 2.89. The van der Waals surface area contributed by atoms with Gasteiger partial charge in [-0.25, -0.2) is 4.39 Å². The second-order valence-electron chi connectivity index (χ2n) is 8.41. The lowest BCUT2D eigenvalue weighted by Gasteiger charge is -2.18. The van der Waals surface area contributed by atoms with E-state index in [-0.39, 0.29) is 5.82 Å². The molecule has 0 unspecified atom stereocenters. The van der Waals surface area contributed by atoms with E-state index in [0.29, 0.717) is 35.5 Å². The fourth-order valence-corrected chi connectivity index (χ4v) is 4.09. The van der Waals surface area contributed by atoms with Crippen LogP contribution in [0.4, 0.5) is 4.39 Å². The Bertz CT molecular complexity index is 1420. The number of hydrogen-bond donors (Lipinski definition) is 0. The average Bonchev–Trinajstić information content (AvgIpc) is 2.83. The lowest BCUT2D eigenvalue weighted by atomic mass is 10.00. The first-order valence-electron chi connectivity index (χ1n) is 11.1. The van der Waals surface area contributed by atoms with E-state index in [0.717, 1.165) is 21.9 Å². The molecular formula is C30H25FO2. The van der Waals surface area contributed by atoms with Crippen LogP contribution in [0.3, 0.4) is 0 Å². The second-order valence-corrected chi connectivity index (χ2v) is 8.41. The summed E-state index contributed by atoms with van der Waals surface area (Å²) in [4.78, 5) is 0. The molecule has 5 aromatic carbocycles. The molecule has 0 amide bonds. The van der Waals surface area contributed by atoms with Crippen LogP contribution in [0, 0.1) is 19.7 Å². The first-order chi connectivity index (χ1) is 16.1. The van der Waals surface area contributed by atoms with Gasteiger partial charge in [-0.1, -0.05) is 96.1 Å². The van der Waals surface area contributed by atoms with Gasteiger partial charge in [0.2, 0.25) is 0 Å². The quantitative estimate of drug-likeness (QED) is 0.252. The molecular weight excluding hydrogens is 411 g/mol. The van der Waals surface area contributed by atoms with E-state index in [1.165, 1.54) is 17.2 Å². The minimum Gasteiger partial charge on any atom is -0.488 e. The maximum Gasteiger partial charge on any atom is 0.138 e. The highest BCUT2D eigenvalue weighted by atomic mass is 19.1. The van der Waals surface area contributed by atoms with Crippen LogP contribution in [0.5, 0.6) is 11.5 Å². The van der Waals surface area contributed by atoms with Crippen molar-refractivity contribution < 1.29 is 13.9 Å². The summed E-state index contributed by atoms with van der Waals surface area (Å²) in [6.45, 7) is 4.87. The molecule has 0 atom stereocenters. The predicted molar refractivity (Wildman–Crippen MR) is 132 cm³/mol. The van der Waals surface area contributed by atoms with Gasteiger partial charge < -0.3 is 9.47 Å². The SMILES string of the molecule is Cc1ccc(COc2c3ccccc3c(OCc3ccc(C)cc3)c3c(F)cccc23)cc1. The van der Waals surface area contributed by atoms with E-state index in [1.54, 1.807) is 6.07 Å². The van der Waals surface area contributed by atoms with Gasteiger partial charge in [0, 0.05) is 16.2 Å². The van der Waals surface area contributed by atoms with Crippen LogP contribution in [-0.2, 0) is 13.2 Å². The van der Waals surface area contributed by atoms with Gasteiger partial charge in [-0.05, 0) is 31.0 Å². The molecule has 0 aromatic heterocycles. The van der Waals surface area contributed by atoms with Crippen molar-refractivity contribution in [2.45, 2.75) is 27.1 Å². The molecule has 0 aliphatic carbocycles. The number of aryl methyl sites for hydroxylation is 2. The predicted octanol–water partition coefficient (Wildman–Crippen LogP) is 7.91. The second kappa shape index (κ2) is 8.95. The first-order valence-corrected chi connectivity index (χ1v) is 11.1. The number of halogens is 1. The molecule has 3 heteroatoms. The van der Waals surface area contributed by atoms with Crippen LogP contribution in [0.15, 0.2) is 91.0 Å². The third kappa shape index (κ3) is 4.27. The minimum atomic E-state index is -0.322. The molecule has 5 rings (SSSR count). The first kappa shape index (κ1) is 21.0. The van der Waals surface area contributed by atoms with Crippen molar-refractivity contribution in [3.63, 3.8) is 0 Å². The summed E-state index contributed by atoms with van der Waals surface area (Å²) in [5.74, 6) is 0.891. The molecule has 5 aromatic rings. The van der Waals surface area contributed by atoms with Crippen LogP contribution >= 0.6 is 0 Å². The molecule has 0 aliphatic heterocycles. The molecule has 0 heterocycles. The largest absolute Gasteiger partial charge is 0.488 e. The summed E-state index contributed by atoms with van der Waals surface area (Å²) in [7, 11) is 0. The molecule has 0 bridgehead atoms. The van der Waals surface area contributed by atoms with E-state index in [1.807, 2.05) is 42.5 Å². The normalized spacial score (nSPS) is 11.1. The third-order valence-corrected chi connectivity index (χ3v) is 5.91. The van der Waals surface area contributed by atoms with Crippen molar-refractivity contribution in [3.05, 3.63) is 119 Å². The molecule has 164 valence electrons. The van der Waals surface area contributed by atoms with Gasteiger partial charge >= 0.3 is 0 Å². The standard InChI is InChI=1S/C30H25FO2/c1-20-10-14-22(15-11-20)18-32-29-24-6-3-4-7-25(24)30(28-26(29)8-5-9-27(28)31)33-19-23-16-12-21(2)13-17-23/h3-17H,18-19H2,1-2H3. The number of benzene rings is 5. The van der Waals surface area contributed by atoms with Crippen LogP contribution < -0.4 is 9.47 Å². The fraction of sp³-hybridized carbons (Fsp3) is 0.133. The molecule has 0 radical (unpaired) electrons. The van der Waals surface area contributed by atoms with Crippen molar-refractivity contribution in [1.82, 2.24) is 0 Å². The lowest BCUT2D eigenvalue weighted by molar-refractivity contribution is 0.307. The molecule has 0 spiro atoms. The minimum absolute atomic E-state index is 0.322. The maximum absolute atomic E-state index is 15.2. The van der Waals surface area contributed by atoms with Gasteiger partial charge in [0.25, 0.3) is 0 Å². The zero-order chi connectivity index (χ0) is 22.8. The topological polar surface area (TPSA) is 18.5 Å². The van der Waals surface area contributed by atoms with Gasteiger partial charge in [-0.15, -0.1) is 0 Å². The Hall–Kier alpha value is -3.85. The van der Waals surface area contributed by atoms with Gasteiger partial charge in [0.1, 0.15) is 30.5 Å². The highest BCUT2D eigenvalue weighted by Crippen LogP contribution is 2.44. The van der Waals surface area contributed by atoms with Crippen molar-refractivity contribution in [3.8, 4) is 11.5 Å². The Kier molecular flexibility index (Phi) is 5.70. The van der Waals surface area contributed by atoms with E-state index in [4.69, 9.17) is 9.47 Å². The Balaban J connectivity index is 1.60. The van der Waals surface area contributed by atoms with Crippen molar-refractivity contribution in [1.29, 1.82) is 0 Å². The summed E-state index contributed by atoms with van der Waals surface area (Å²) in [6, 6.07) is 29.4. The molecule has 0 fully saturated rings. The molecule has 2 nitrogen and oxygen atoms in total. The number of ether oxygens (including phenoxy) is 2. The zero-order valence-corrected chi connectivity index (χ0v) is 18.8. The van der Waals surface area contributed by atoms with E-state index in [2.05, 4.69) is 50.2 Å². The fourth-order valence-electron chi connectivity index (χ4n) is 4.09. The van der Waals surface area contributed by atoms with Gasteiger partial charge in [-0.3, -0.25) is 0 Å². The summed E-state index contributed by atoms with van der Waals surface area (Å²) in [5.41, 5.74) is 4.49. The van der Waals surface area contributed by atoms with E-state index >= 15 is 4.39 Å². The summed E-state index contributed by atoms with van der Waals surface area (Å²) >= 11 is 0. The van der Waals surface area contributed by atoms with Gasteiger partial charge in [0.15, 0.2) is 0 Å². The van der Waals surface area contributed by atoms with Crippen molar-refractivity contribution in [2.75, 3.05) is 0 Å². The molecule has 0 N–H and O–H groups in total. The Morgan fingerprint density at radius 1 is 0.545 bits per heavy atom. The smallest absolute Gasteiger partial charge is 0.138 e. The molecule has 33 heavy (non-hydrogen) atoms. The Morgan fingerprint density at radius 2 is 1.03 bits per heavy atom. The van der Waals surface area contributed by atoms with Crippen molar-refractivity contribution >= 4 is 21.5 Å². The lowest BCUT2D eigenvalue weighted by Crippen LogP contribution is -2.01. The number of hydrogen-bond acceptors (Lipinski definition) is 2. The molecule has 0 saturated carbocycles. The third-order valence-electron chi connectivity index (χ3n) is 5.91. The zero-order valence-electron chi connectivity index (χ0n) is 18.8. The van der Waals surface area contributed by atoms with E-state index < -0.39 is 0 Å².